The van der Waals surface area contributed by atoms with Crippen molar-refractivity contribution in [1.29, 1.82) is 0 Å². The van der Waals surface area contributed by atoms with Crippen molar-refractivity contribution in [2.24, 2.45) is 5.41 Å². The van der Waals surface area contributed by atoms with E-state index in [0.717, 1.165) is 44.0 Å². The first-order valence-electron chi connectivity index (χ1n) is 9.54. The molecule has 2 fully saturated rings. The fourth-order valence-corrected chi connectivity index (χ4v) is 4.03. The van der Waals surface area contributed by atoms with Gasteiger partial charge in [-0.1, -0.05) is 18.4 Å². The number of halogens is 2. The molecule has 1 aromatic rings. The Morgan fingerprint density at radius 1 is 1.38 bits per heavy atom. The number of aliphatic hydroxyl groups is 1. The van der Waals surface area contributed by atoms with Crippen molar-refractivity contribution in [3.63, 3.8) is 0 Å². The van der Waals surface area contributed by atoms with Crippen molar-refractivity contribution in [2.75, 3.05) is 6.61 Å². The second-order valence-electron chi connectivity index (χ2n) is 7.95. The van der Waals surface area contributed by atoms with Crippen LogP contribution in [0.2, 0.25) is 0 Å². The fourth-order valence-electron chi connectivity index (χ4n) is 4.03. The number of rotatable bonds is 5. The lowest BCUT2D eigenvalue weighted by Gasteiger charge is -2.24. The van der Waals surface area contributed by atoms with Crippen LogP contribution in [0.25, 0.3) is 6.08 Å². The van der Waals surface area contributed by atoms with E-state index in [0.29, 0.717) is 24.1 Å². The van der Waals surface area contributed by atoms with Crippen molar-refractivity contribution in [3.8, 4) is 0 Å². The third kappa shape index (κ3) is 3.81. The lowest BCUT2D eigenvalue weighted by molar-refractivity contribution is -0.0378. The Bertz CT molecular complexity index is 680. The number of aryl methyl sites for hydroxylation is 1. The second kappa shape index (κ2) is 7.31. The van der Waals surface area contributed by atoms with Crippen LogP contribution in [0.15, 0.2) is 11.8 Å². The molecule has 1 saturated heterocycles. The van der Waals surface area contributed by atoms with Gasteiger partial charge in [-0.2, -0.15) is 0 Å². The van der Waals surface area contributed by atoms with E-state index in [9.17, 15) is 13.9 Å². The Morgan fingerprint density at radius 3 is 2.65 bits per heavy atom. The van der Waals surface area contributed by atoms with Gasteiger partial charge in [0.05, 0.1) is 41.3 Å². The SMILES string of the molecule is C/C(=C\c1ncc(C2CCCCC(CO)N2)nc1C)C1(C(C)(F)F)CC1. The summed E-state index contributed by atoms with van der Waals surface area (Å²) in [5.74, 6) is -2.71. The van der Waals surface area contributed by atoms with E-state index in [1.807, 2.05) is 6.92 Å². The predicted molar refractivity (Wildman–Crippen MR) is 97.9 cm³/mol. The fraction of sp³-hybridized carbons (Fsp3) is 0.700. The highest BCUT2D eigenvalue weighted by Crippen LogP contribution is 2.61. The van der Waals surface area contributed by atoms with Gasteiger partial charge in [-0.15, -0.1) is 0 Å². The van der Waals surface area contributed by atoms with E-state index in [1.54, 1.807) is 19.2 Å². The minimum atomic E-state index is -2.71. The van der Waals surface area contributed by atoms with E-state index in [1.165, 1.54) is 0 Å². The Labute approximate surface area is 154 Å². The summed E-state index contributed by atoms with van der Waals surface area (Å²) in [6.45, 7) is 4.78. The number of aliphatic hydroxyl groups excluding tert-OH is 1. The summed E-state index contributed by atoms with van der Waals surface area (Å²) in [7, 11) is 0. The molecule has 3 rings (SSSR count). The molecule has 2 unspecified atom stereocenters. The zero-order chi connectivity index (χ0) is 18.9. The van der Waals surface area contributed by atoms with Crippen LogP contribution in [0.3, 0.4) is 0 Å². The molecule has 0 amide bonds. The molecule has 144 valence electrons. The minimum Gasteiger partial charge on any atom is -0.395 e. The third-order valence-corrected chi connectivity index (χ3v) is 6.01. The van der Waals surface area contributed by atoms with Crippen LogP contribution in [-0.4, -0.2) is 33.6 Å². The first kappa shape index (κ1) is 19.4. The van der Waals surface area contributed by atoms with Crippen LogP contribution >= 0.6 is 0 Å². The normalized spacial score (nSPS) is 26.5. The molecule has 0 aromatic carbocycles. The molecule has 1 aromatic heterocycles. The highest BCUT2D eigenvalue weighted by atomic mass is 19.3. The molecule has 2 atom stereocenters. The minimum absolute atomic E-state index is 0.0784. The van der Waals surface area contributed by atoms with Gasteiger partial charge in [-0.25, -0.2) is 8.78 Å². The zero-order valence-corrected chi connectivity index (χ0v) is 15.9. The van der Waals surface area contributed by atoms with Crippen molar-refractivity contribution in [1.82, 2.24) is 15.3 Å². The van der Waals surface area contributed by atoms with Gasteiger partial charge in [0.15, 0.2) is 0 Å². The number of nitrogens with zero attached hydrogens (tertiary/aromatic N) is 2. The van der Waals surface area contributed by atoms with Gasteiger partial charge in [0.1, 0.15) is 0 Å². The first-order chi connectivity index (χ1) is 12.3. The van der Waals surface area contributed by atoms with Crippen LogP contribution in [-0.2, 0) is 0 Å². The van der Waals surface area contributed by atoms with Crippen LogP contribution < -0.4 is 5.32 Å². The van der Waals surface area contributed by atoms with Crippen molar-refractivity contribution in [2.45, 2.75) is 77.3 Å². The van der Waals surface area contributed by atoms with Gasteiger partial charge >= 0.3 is 0 Å². The van der Waals surface area contributed by atoms with Gasteiger partial charge < -0.3 is 10.4 Å². The summed E-state index contributed by atoms with van der Waals surface area (Å²) >= 11 is 0. The number of allylic oxidation sites excluding steroid dienone is 1. The summed E-state index contributed by atoms with van der Waals surface area (Å²) in [5.41, 5.74) is 1.96. The highest BCUT2D eigenvalue weighted by molar-refractivity contribution is 5.54. The smallest absolute Gasteiger partial charge is 0.254 e. The van der Waals surface area contributed by atoms with Gasteiger partial charge in [-0.3, -0.25) is 9.97 Å². The third-order valence-electron chi connectivity index (χ3n) is 6.01. The Kier molecular flexibility index (Phi) is 5.45. The highest BCUT2D eigenvalue weighted by Gasteiger charge is 2.59. The van der Waals surface area contributed by atoms with Crippen LogP contribution in [0.1, 0.15) is 75.5 Å². The predicted octanol–water partition coefficient (Wildman–Crippen LogP) is 4.19. The molecular formula is C20H29F2N3O. The molecule has 0 radical (unpaired) electrons. The molecule has 2 aliphatic rings. The van der Waals surface area contributed by atoms with Crippen LogP contribution in [0.4, 0.5) is 8.78 Å². The summed E-state index contributed by atoms with van der Waals surface area (Å²) in [6.07, 6.45) is 8.67. The Balaban J connectivity index is 1.81. The lowest BCUT2D eigenvalue weighted by atomic mass is 9.90. The topological polar surface area (TPSA) is 58.0 Å². The molecule has 1 aliphatic carbocycles. The van der Waals surface area contributed by atoms with Crippen molar-refractivity contribution >= 4 is 6.08 Å². The summed E-state index contributed by atoms with van der Waals surface area (Å²) in [5, 5.41) is 12.9. The molecule has 1 saturated carbocycles. The molecule has 26 heavy (non-hydrogen) atoms. The first-order valence-corrected chi connectivity index (χ1v) is 9.54. The average molecular weight is 365 g/mol. The molecule has 0 spiro atoms. The quantitative estimate of drug-likeness (QED) is 0.821. The number of hydrogen-bond acceptors (Lipinski definition) is 4. The van der Waals surface area contributed by atoms with Crippen molar-refractivity contribution in [3.05, 3.63) is 28.9 Å². The standard InChI is InChI=1S/C20H29F2N3O/c1-13(20(8-9-20)19(3,21)22)10-17-14(2)24-18(11-23-17)16-7-5-4-6-15(12-26)25-16/h10-11,15-16,25-26H,4-9,12H2,1-3H3/b13-10+. The average Bonchev–Trinajstić information content (AvgIpc) is 3.40. The van der Waals surface area contributed by atoms with E-state index in [-0.39, 0.29) is 18.7 Å². The largest absolute Gasteiger partial charge is 0.395 e. The van der Waals surface area contributed by atoms with Gasteiger partial charge in [0.25, 0.3) is 5.92 Å². The molecule has 2 heterocycles. The summed E-state index contributed by atoms with van der Waals surface area (Å²) in [4.78, 5) is 9.20. The van der Waals surface area contributed by atoms with E-state index in [2.05, 4.69) is 15.3 Å². The molecule has 6 heteroatoms. The van der Waals surface area contributed by atoms with Crippen molar-refractivity contribution < 1.29 is 13.9 Å². The molecule has 2 N–H and O–H groups in total. The number of alkyl halides is 2. The molecule has 1 aliphatic heterocycles. The zero-order valence-electron chi connectivity index (χ0n) is 15.9. The Morgan fingerprint density at radius 2 is 2.08 bits per heavy atom. The van der Waals surface area contributed by atoms with E-state index in [4.69, 9.17) is 0 Å². The number of nitrogens with one attached hydrogen (secondary N) is 1. The van der Waals surface area contributed by atoms with Gasteiger partial charge in [0, 0.05) is 13.0 Å². The molecule has 0 bridgehead atoms. The number of hydrogen-bond donors (Lipinski definition) is 2. The van der Waals surface area contributed by atoms with E-state index < -0.39 is 11.3 Å². The lowest BCUT2D eigenvalue weighted by Crippen LogP contribution is -2.34. The van der Waals surface area contributed by atoms with Crippen LogP contribution in [0.5, 0.6) is 0 Å². The maximum Gasteiger partial charge on any atom is 0.254 e. The maximum atomic E-state index is 13.9. The van der Waals surface area contributed by atoms with Crippen LogP contribution in [0, 0.1) is 12.3 Å². The second-order valence-corrected chi connectivity index (χ2v) is 7.95. The Hall–Kier alpha value is -1.40. The van der Waals surface area contributed by atoms with Gasteiger partial charge in [0.2, 0.25) is 0 Å². The molecule has 4 nitrogen and oxygen atoms in total. The van der Waals surface area contributed by atoms with Gasteiger partial charge in [-0.05, 0) is 45.6 Å². The number of aromatic nitrogens is 2. The maximum absolute atomic E-state index is 13.9. The monoisotopic (exact) mass is 365 g/mol. The summed E-state index contributed by atoms with van der Waals surface area (Å²) in [6, 6.07) is 0.169. The van der Waals surface area contributed by atoms with E-state index >= 15 is 0 Å². The summed E-state index contributed by atoms with van der Waals surface area (Å²) < 4.78 is 27.9. The molecular weight excluding hydrogens is 336 g/mol.